The maximum Gasteiger partial charge on any atom is 0.240 e. The number of rotatable bonds is 5. The predicted octanol–water partition coefficient (Wildman–Crippen LogP) is 1.01. The van der Waals surface area contributed by atoms with E-state index in [0.717, 1.165) is 6.07 Å². The molecule has 0 aromatic heterocycles. The Morgan fingerprint density at radius 3 is 2.47 bits per heavy atom. The summed E-state index contributed by atoms with van der Waals surface area (Å²) < 4.78 is 39.6. The summed E-state index contributed by atoms with van der Waals surface area (Å²) in [6.45, 7) is 4.87. The lowest BCUT2D eigenvalue weighted by atomic mass is 10.1. The highest BCUT2D eigenvalue weighted by Crippen LogP contribution is 2.20. The molecule has 0 spiro atoms. The third-order valence-electron chi connectivity index (χ3n) is 2.92. The Labute approximate surface area is 112 Å². The van der Waals surface area contributed by atoms with Crippen LogP contribution in [0, 0.1) is 18.7 Å². The fourth-order valence-corrected chi connectivity index (χ4v) is 2.44. The topological polar surface area (TPSA) is 92.4 Å². The summed E-state index contributed by atoms with van der Waals surface area (Å²) in [6.07, 6.45) is -0.803. The van der Waals surface area contributed by atoms with E-state index in [-0.39, 0.29) is 28.6 Å². The molecule has 4 N–H and O–H groups in total. The van der Waals surface area contributed by atoms with Crippen LogP contribution in [-0.4, -0.2) is 26.2 Å². The third kappa shape index (κ3) is 3.89. The molecule has 0 heterocycles. The van der Waals surface area contributed by atoms with Gasteiger partial charge < -0.3 is 10.8 Å². The van der Waals surface area contributed by atoms with Crippen molar-refractivity contribution >= 4 is 15.7 Å². The van der Waals surface area contributed by atoms with Crippen LogP contribution in [0.3, 0.4) is 0 Å². The molecule has 19 heavy (non-hydrogen) atoms. The first kappa shape index (κ1) is 15.9. The van der Waals surface area contributed by atoms with Gasteiger partial charge in [-0.05, 0) is 25.0 Å². The number of aliphatic hydroxyl groups excluding tert-OH is 1. The first-order valence-electron chi connectivity index (χ1n) is 5.88. The van der Waals surface area contributed by atoms with Crippen molar-refractivity contribution in [3.8, 4) is 0 Å². The highest BCUT2D eigenvalue weighted by Gasteiger charge is 2.19. The summed E-state index contributed by atoms with van der Waals surface area (Å²) >= 11 is 0. The zero-order chi connectivity index (χ0) is 14.8. The number of nitrogen functional groups attached to an aromatic ring is 1. The molecule has 1 atom stereocenters. The van der Waals surface area contributed by atoms with E-state index < -0.39 is 21.9 Å². The summed E-state index contributed by atoms with van der Waals surface area (Å²) in [5.41, 5.74) is 5.82. The van der Waals surface area contributed by atoms with E-state index in [9.17, 15) is 17.9 Å². The molecular weight excluding hydrogens is 271 g/mol. The summed E-state index contributed by atoms with van der Waals surface area (Å²) in [4.78, 5) is -0.246. The van der Waals surface area contributed by atoms with Gasteiger partial charge in [-0.3, -0.25) is 0 Å². The van der Waals surface area contributed by atoms with Crippen LogP contribution in [0.1, 0.15) is 19.4 Å². The normalized spacial score (nSPS) is 13.8. The Morgan fingerprint density at radius 1 is 1.42 bits per heavy atom. The van der Waals surface area contributed by atoms with Crippen LogP contribution in [0.25, 0.3) is 0 Å². The number of nitrogens with two attached hydrogens (primary N) is 1. The third-order valence-corrected chi connectivity index (χ3v) is 4.32. The summed E-state index contributed by atoms with van der Waals surface area (Å²) in [6, 6.07) is 2.11. The van der Waals surface area contributed by atoms with Gasteiger partial charge in [0.05, 0.1) is 11.0 Å². The monoisotopic (exact) mass is 290 g/mol. The number of aliphatic hydroxyl groups is 1. The van der Waals surface area contributed by atoms with Crippen LogP contribution in [0.15, 0.2) is 17.0 Å². The molecule has 0 aliphatic rings. The molecule has 0 fully saturated rings. The first-order chi connectivity index (χ1) is 8.65. The highest BCUT2D eigenvalue weighted by atomic mass is 32.2. The lowest BCUT2D eigenvalue weighted by molar-refractivity contribution is 0.129. The minimum atomic E-state index is -3.88. The van der Waals surface area contributed by atoms with Gasteiger partial charge in [-0.2, -0.15) is 0 Å². The van der Waals surface area contributed by atoms with Crippen molar-refractivity contribution in [2.45, 2.75) is 31.8 Å². The number of anilines is 1. The fraction of sp³-hybridized carbons (Fsp3) is 0.500. The van der Waals surface area contributed by atoms with Crippen LogP contribution in [0.4, 0.5) is 10.1 Å². The molecule has 5 nitrogen and oxygen atoms in total. The maximum atomic E-state index is 13.5. The van der Waals surface area contributed by atoms with Crippen LogP contribution >= 0.6 is 0 Å². The lowest BCUT2D eigenvalue weighted by Gasteiger charge is -2.15. The molecule has 1 aromatic carbocycles. The van der Waals surface area contributed by atoms with Crippen LogP contribution in [0.5, 0.6) is 0 Å². The Hall–Kier alpha value is -1.18. The summed E-state index contributed by atoms with van der Waals surface area (Å²) in [7, 11) is -3.88. The molecule has 1 aromatic rings. The van der Waals surface area contributed by atoms with Crippen LogP contribution < -0.4 is 10.5 Å². The van der Waals surface area contributed by atoms with E-state index in [4.69, 9.17) is 5.73 Å². The second-order valence-corrected chi connectivity index (χ2v) is 6.55. The molecule has 0 bridgehead atoms. The Kier molecular flexibility index (Phi) is 4.89. The van der Waals surface area contributed by atoms with E-state index in [1.807, 2.05) is 0 Å². The standard InChI is InChI=1S/C12H19FN2O3S/c1-7(2)12(16)6-15-19(17,18)9-4-10(13)8(3)11(14)5-9/h4-5,7,12,15-16H,6,14H2,1-3H3. The van der Waals surface area contributed by atoms with Crippen LogP contribution in [-0.2, 0) is 10.0 Å². The van der Waals surface area contributed by atoms with Gasteiger partial charge in [0.25, 0.3) is 0 Å². The van der Waals surface area contributed by atoms with Gasteiger partial charge in [-0.25, -0.2) is 17.5 Å². The van der Waals surface area contributed by atoms with Crippen molar-refractivity contribution < 1.29 is 17.9 Å². The molecule has 108 valence electrons. The fourth-order valence-electron chi connectivity index (χ4n) is 1.34. The number of halogens is 1. The highest BCUT2D eigenvalue weighted by molar-refractivity contribution is 7.89. The minimum absolute atomic E-state index is 0.0739. The van der Waals surface area contributed by atoms with Crippen molar-refractivity contribution in [3.63, 3.8) is 0 Å². The number of nitrogens with one attached hydrogen (secondary N) is 1. The molecule has 1 rings (SSSR count). The van der Waals surface area contributed by atoms with Crippen molar-refractivity contribution in [2.75, 3.05) is 12.3 Å². The van der Waals surface area contributed by atoms with Crippen molar-refractivity contribution in [1.29, 1.82) is 0 Å². The van der Waals surface area contributed by atoms with Gasteiger partial charge in [0.2, 0.25) is 10.0 Å². The molecule has 1 unspecified atom stereocenters. The van der Waals surface area contributed by atoms with Gasteiger partial charge in [0, 0.05) is 17.8 Å². The Balaban J connectivity index is 2.95. The summed E-state index contributed by atoms with van der Waals surface area (Å²) in [5, 5.41) is 9.56. The zero-order valence-electron chi connectivity index (χ0n) is 11.1. The molecule has 0 radical (unpaired) electrons. The average molecular weight is 290 g/mol. The maximum absolute atomic E-state index is 13.5. The van der Waals surface area contributed by atoms with Crippen LogP contribution in [0.2, 0.25) is 0 Å². The van der Waals surface area contributed by atoms with E-state index >= 15 is 0 Å². The lowest BCUT2D eigenvalue weighted by Crippen LogP contribution is -2.34. The molecule has 0 aliphatic heterocycles. The second-order valence-electron chi connectivity index (χ2n) is 4.78. The largest absolute Gasteiger partial charge is 0.398 e. The first-order valence-corrected chi connectivity index (χ1v) is 7.37. The number of hydrogen-bond donors (Lipinski definition) is 3. The van der Waals surface area contributed by atoms with Crippen molar-refractivity contribution in [1.82, 2.24) is 4.72 Å². The van der Waals surface area contributed by atoms with E-state index in [1.54, 1.807) is 13.8 Å². The predicted molar refractivity (Wildman–Crippen MR) is 71.6 cm³/mol. The van der Waals surface area contributed by atoms with Gasteiger partial charge in [0.1, 0.15) is 5.82 Å². The zero-order valence-corrected chi connectivity index (χ0v) is 12.0. The van der Waals surface area contributed by atoms with Gasteiger partial charge in [-0.15, -0.1) is 0 Å². The minimum Gasteiger partial charge on any atom is -0.398 e. The Morgan fingerprint density at radius 2 is 2.00 bits per heavy atom. The van der Waals surface area contributed by atoms with E-state index in [2.05, 4.69) is 4.72 Å². The second kappa shape index (κ2) is 5.85. The number of benzene rings is 1. The molecule has 0 saturated carbocycles. The van der Waals surface area contributed by atoms with Crippen molar-refractivity contribution in [2.24, 2.45) is 5.92 Å². The number of hydrogen-bond acceptors (Lipinski definition) is 4. The molecule has 0 aliphatic carbocycles. The molecule has 0 saturated heterocycles. The van der Waals surface area contributed by atoms with Crippen molar-refractivity contribution in [3.05, 3.63) is 23.5 Å². The van der Waals surface area contributed by atoms with Gasteiger partial charge in [0.15, 0.2) is 0 Å². The van der Waals surface area contributed by atoms with E-state index in [0.29, 0.717) is 0 Å². The molecule has 7 heteroatoms. The molecule has 0 amide bonds. The summed E-state index contributed by atoms with van der Waals surface area (Å²) in [5.74, 6) is -0.757. The smallest absolute Gasteiger partial charge is 0.240 e. The average Bonchev–Trinajstić information content (AvgIpc) is 2.32. The number of sulfonamides is 1. The quantitative estimate of drug-likeness (QED) is 0.706. The van der Waals surface area contributed by atoms with E-state index in [1.165, 1.54) is 13.0 Å². The Bertz CT molecular complexity index is 535. The van der Waals surface area contributed by atoms with Gasteiger partial charge >= 0.3 is 0 Å². The molecular formula is C12H19FN2O3S. The SMILES string of the molecule is Cc1c(N)cc(S(=O)(=O)NCC(O)C(C)C)cc1F. The van der Waals surface area contributed by atoms with Gasteiger partial charge in [-0.1, -0.05) is 13.8 Å².